The van der Waals surface area contributed by atoms with Gasteiger partial charge in [-0.15, -0.1) is 0 Å². The van der Waals surface area contributed by atoms with Gasteiger partial charge in [-0.25, -0.2) is 9.18 Å². The predicted molar refractivity (Wildman–Crippen MR) is 129 cm³/mol. The van der Waals surface area contributed by atoms with Crippen molar-refractivity contribution in [3.63, 3.8) is 0 Å². The highest BCUT2D eigenvalue weighted by atomic mass is 19.1. The maximum atomic E-state index is 13.8. The second kappa shape index (κ2) is 10.8. The van der Waals surface area contributed by atoms with Gasteiger partial charge in [0.05, 0.1) is 6.54 Å². The highest BCUT2D eigenvalue weighted by molar-refractivity contribution is 5.91. The van der Waals surface area contributed by atoms with Gasteiger partial charge in [-0.2, -0.15) is 0 Å². The number of cyclic esters (lactones) is 1. The molecule has 1 aliphatic heterocycles. The molecule has 1 aliphatic rings. The molecular formula is C27H26FN3O4. The molecule has 2 N–H and O–H groups in total. The maximum Gasteiger partial charge on any atom is 0.411 e. The number of ether oxygens (including phenoxy) is 1. The Labute approximate surface area is 202 Å². The fourth-order valence-electron chi connectivity index (χ4n) is 3.94. The van der Waals surface area contributed by atoms with Crippen LogP contribution >= 0.6 is 0 Å². The van der Waals surface area contributed by atoms with Gasteiger partial charge in [0, 0.05) is 18.7 Å². The fraction of sp³-hybridized carbons (Fsp3) is 0.222. The lowest BCUT2D eigenvalue weighted by atomic mass is 10.00. The standard InChI is InChI=1S/C27H26FN3O4/c1-2-23(32)30-22-13-11-20(12-14-22)25-24(26(33)29-16-18-7-4-3-5-8-18)31(27(34)35-25)17-19-9-6-10-21(28)15-19/h3-15,24-25H,2,16-17H2,1H3,(H,29,33)(H,30,32). The van der Waals surface area contributed by atoms with E-state index in [0.717, 1.165) is 5.56 Å². The molecule has 180 valence electrons. The van der Waals surface area contributed by atoms with Crippen molar-refractivity contribution in [3.8, 4) is 0 Å². The summed E-state index contributed by atoms with van der Waals surface area (Å²) in [5, 5.41) is 5.65. The quantitative estimate of drug-likeness (QED) is 0.500. The summed E-state index contributed by atoms with van der Waals surface area (Å²) in [6, 6.07) is 21.2. The van der Waals surface area contributed by atoms with Crippen molar-refractivity contribution in [2.45, 2.75) is 38.6 Å². The normalized spacial score (nSPS) is 17.1. The molecular weight excluding hydrogens is 449 g/mol. The van der Waals surface area contributed by atoms with Gasteiger partial charge in [0.25, 0.3) is 0 Å². The van der Waals surface area contributed by atoms with E-state index >= 15 is 0 Å². The summed E-state index contributed by atoms with van der Waals surface area (Å²) in [7, 11) is 0. The molecule has 35 heavy (non-hydrogen) atoms. The van der Waals surface area contributed by atoms with Crippen LogP contribution in [-0.4, -0.2) is 28.8 Å². The monoisotopic (exact) mass is 475 g/mol. The number of anilines is 1. The van der Waals surface area contributed by atoms with Crippen LogP contribution < -0.4 is 10.6 Å². The SMILES string of the molecule is CCC(=O)Nc1ccc(C2OC(=O)N(Cc3cccc(F)c3)C2C(=O)NCc2ccccc2)cc1. The second-order valence-corrected chi connectivity index (χ2v) is 8.23. The van der Waals surface area contributed by atoms with Gasteiger partial charge in [-0.05, 0) is 41.0 Å². The van der Waals surface area contributed by atoms with Gasteiger partial charge >= 0.3 is 6.09 Å². The van der Waals surface area contributed by atoms with Crippen LogP contribution in [0.5, 0.6) is 0 Å². The lowest BCUT2D eigenvalue weighted by molar-refractivity contribution is -0.126. The van der Waals surface area contributed by atoms with Gasteiger partial charge in [-0.3, -0.25) is 14.5 Å². The van der Waals surface area contributed by atoms with Gasteiger partial charge < -0.3 is 15.4 Å². The minimum atomic E-state index is -0.967. The Morgan fingerprint density at radius 3 is 2.37 bits per heavy atom. The lowest BCUT2D eigenvalue weighted by Crippen LogP contribution is -2.46. The van der Waals surface area contributed by atoms with Crippen molar-refractivity contribution in [1.82, 2.24) is 10.2 Å². The third kappa shape index (κ3) is 5.84. The first-order chi connectivity index (χ1) is 16.9. The van der Waals surface area contributed by atoms with Crippen molar-refractivity contribution in [1.29, 1.82) is 0 Å². The summed E-state index contributed by atoms with van der Waals surface area (Å²) in [6.45, 7) is 2.06. The van der Waals surface area contributed by atoms with Crippen LogP contribution in [-0.2, 0) is 27.4 Å². The molecule has 1 saturated heterocycles. The van der Waals surface area contributed by atoms with E-state index in [1.54, 1.807) is 43.3 Å². The molecule has 0 aromatic heterocycles. The molecule has 7 nitrogen and oxygen atoms in total. The first-order valence-corrected chi connectivity index (χ1v) is 11.4. The van der Waals surface area contributed by atoms with E-state index in [2.05, 4.69) is 10.6 Å². The zero-order valence-corrected chi connectivity index (χ0v) is 19.2. The number of halogens is 1. The average Bonchev–Trinajstić information content (AvgIpc) is 3.19. The molecule has 0 aliphatic carbocycles. The number of carbonyl (C=O) groups is 3. The van der Waals surface area contributed by atoms with E-state index in [9.17, 15) is 18.8 Å². The Hall–Kier alpha value is -4.20. The maximum absolute atomic E-state index is 13.8. The Bertz CT molecular complexity index is 1200. The molecule has 3 amide bonds. The topological polar surface area (TPSA) is 87.7 Å². The molecule has 4 rings (SSSR count). The van der Waals surface area contributed by atoms with Crippen LogP contribution in [0, 0.1) is 5.82 Å². The number of rotatable bonds is 8. The van der Waals surface area contributed by atoms with Crippen LogP contribution in [0.4, 0.5) is 14.9 Å². The number of hydrogen-bond acceptors (Lipinski definition) is 4. The number of amides is 3. The summed E-state index contributed by atoms with van der Waals surface area (Å²) >= 11 is 0. The molecule has 0 spiro atoms. The van der Waals surface area contributed by atoms with Crippen molar-refractivity contribution in [2.75, 3.05) is 5.32 Å². The lowest BCUT2D eigenvalue weighted by Gasteiger charge is -2.24. The van der Waals surface area contributed by atoms with E-state index in [1.165, 1.54) is 17.0 Å². The van der Waals surface area contributed by atoms with Crippen LogP contribution in [0.3, 0.4) is 0 Å². The largest absolute Gasteiger partial charge is 0.438 e. The highest BCUT2D eigenvalue weighted by Crippen LogP contribution is 2.34. The molecule has 0 radical (unpaired) electrons. The molecule has 2 unspecified atom stereocenters. The molecule has 3 aromatic carbocycles. The number of hydrogen-bond donors (Lipinski definition) is 2. The van der Waals surface area contributed by atoms with E-state index in [1.807, 2.05) is 30.3 Å². The first-order valence-electron chi connectivity index (χ1n) is 11.4. The van der Waals surface area contributed by atoms with Crippen molar-refractivity contribution < 1.29 is 23.5 Å². The summed E-state index contributed by atoms with van der Waals surface area (Å²) in [5.74, 6) is -0.935. The van der Waals surface area contributed by atoms with Crippen LogP contribution in [0.25, 0.3) is 0 Å². The van der Waals surface area contributed by atoms with Gasteiger partial charge in [-0.1, -0.05) is 61.5 Å². The summed E-state index contributed by atoms with van der Waals surface area (Å²) in [4.78, 5) is 39.2. The smallest absolute Gasteiger partial charge is 0.411 e. The van der Waals surface area contributed by atoms with Crippen LogP contribution in [0.1, 0.15) is 36.1 Å². The van der Waals surface area contributed by atoms with E-state index in [0.29, 0.717) is 23.2 Å². The fourth-order valence-corrected chi connectivity index (χ4v) is 3.94. The summed E-state index contributed by atoms with van der Waals surface area (Å²) in [6.07, 6.45) is -1.19. The Morgan fingerprint density at radius 1 is 0.971 bits per heavy atom. The number of carbonyl (C=O) groups excluding carboxylic acids is 3. The van der Waals surface area contributed by atoms with Crippen molar-refractivity contribution in [3.05, 3.63) is 101 Å². The van der Waals surface area contributed by atoms with Crippen LogP contribution in [0.15, 0.2) is 78.9 Å². The third-order valence-electron chi connectivity index (χ3n) is 5.75. The first kappa shape index (κ1) is 23.9. The Balaban J connectivity index is 1.59. The van der Waals surface area contributed by atoms with Crippen molar-refractivity contribution in [2.24, 2.45) is 0 Å². The zero-order chi connectivity index (χ0) is 24.8. The van der Waals surface area contributed by atoms with Gasteiger partial charge in [0.15, 0.2) is 12.1 Å². The van der Waals surface area contributed by atoms with E-state index in [-0.39, 0.29) is 24.9 Å². The summed E-state index contributed by atoms with van der Waals surface area (Å²) in [5.41, 5.74) is 2.66. The molecule has 3 aromatic rings. The predicted octanol–water partition coefficient (Wildman–Crippen LogP) is 4.55. The van der Waals surface area contributed by atoms with Crippen LogP contribution in [0.2, 0.25) is 0 Å². The minimum absolute atomic E-state index is 0.0150. The Morgan fingerprint density at radius 2 is 1.69 bits per heavy atom. The number of nitrogens with zero attached hydrogens (tertiary/aromatic N) is 1. The molecule has 0 bridgehead atoms. The van der Waals surface area contributed by atoms with Crippen molar-refractivity contribution >= 4 is 23.6 Å². The molecule has 8 heteroatoms. The molecule has 1 fully saturated rings. The second-order valence-electron chi connectivity index (χ2n) is 8.23. The third-order valence-corrected chi connectivity index (χ3v) is 5.75. The summed E-state index contributed by atoms with van der Waals surface area (Å²) < 4.78 is 19.4. The Kier molecular flexibility index (Phi) is 7.40. The number of benzene rings is 3. The molecule has 0 saturated carbocycles. The van der Waals surface area contributed by atoms with Gasteiger partial charge in [0.1, 0.15) is 5.82 Å². The highest BCUT2D eigenvalue weighted by Gasteiger charge is 2.46. The van der Waals surface area contributed by atoms with Gasteiger partial charge in [0.2, 0.25) is 11.8 Å². The zero-order valence-electron chi connectivity index (χ0n) is 19.2. The minimum Gasteiger partial charge on any atom is -0.438 e. The molecule has 2 atom stereocenters. The molecule has 1 heterocycles. The van der Waals surface area contributed by atoms with E-state index < -0.39 is 24.1 Å². The average molecular weight is 476 g/mol. The number of nitrogens with one attached hydrogen (secondary N) is 2. The van der Waals surface area contributed by atoms with E-state index in [4.69, 9.17) is 4.74 Å².